The Morgan fingerprint density at radius 2 is 2.50 bits per heavy atom. The molecular formula is C7H9N3+2. The van der Waals surface area contributed by atoms with Crippen LogP contribution in [0.1, 0.15) is 2.85 Å². The van der Waals surface area contributed by atoms with E-state index < -0.39 is 0 Å². The first kappa shape index (κ1) is 5.41. The molecule has 2 rings (SSSR count). The maximum absolute atomic E-state index is 4.14. The second kappa shape index (κ2) is 1.80. The van der Waals surface area contributed by atoms with Crippen LogP contribution in [0.25, 0.3) is 11.0 Å². The van der Waals surface area contributed by atoms with Crippen molar-refractivity contribution in [3.05, 3.63) is 24.8 Å². The molecule has 0 unspecified atom stereocenters. The van der Waals surface area contributed by atoms with E-state index in [2.05, 4.69) is 9.97 Å². The minimum absolute atomic E-state index is 0. The molecule has 0 spiro atoms. The largest absolute Gasteiger partial charge is 1.00 e. The van der Waals surface area contributed by atoms with Crippen LogP contribution in [0.4, 0.5) is 0 Å². The zero-order valence-electron chi connectivity index (χ0n) is 7.65. The van der Waals surface area contributed by atoms with E-state index in [0.717, 1.165) is 11.0 Å². The Bertz CT molecular complexity index is 358. The van der Waals surface area contributed by atoms with Gasteiger partial charge in [-0.1, -0.05) is 0 Å². The second-order valence-electron chi connectivity index (χ2n) is 2.22. The highest BCUT2D eigenvalue weighted by atomic mass is 15.0. The van der Waals surface area contributed by atoms with Crippen molar-refractivity contribution < 1.29 is 2.85 Å². The molecule has 3 heteroatoms. The van der Waals surface area contributed by atoms with Crippen molar-refractivity contribution in [1.29, 1.82) is 0 Å². The molecule has 0 aromatic carbocycles. The van der Waals surface area contributed by atoms with Crippen molar-refractivity contribution >= 4 is 11.0 Å². The molecule has 2 heterocycles. The van der Waals surface area contributed by atoms with Crippen molar-refractivity contribution in [2.24, 2.45) is 7.05 Å². The van der Waals surface area contributed by atoms with E-state index in [-0.39, 0.29) is 2.85 Å². The van der Waals surface area contributed by atoms with Gasteiger partial charge in [0.2, 0.25) is 0 Å². The van der Waals surface area contributed by atoms with Gasteiger partial charge in [-0.3, -0.25) is 4.98 Å². The van der Waals surface area contributed by atoms with Gasteiger partial charge >= 0.3 is 2.85 Å². The topological polar surface area (TPSA) is 30.7 Å². The summed E-state index contributed by atoms with van der Waals surface area (Å²) in [6, 6.07) is 1.90. The predicted octanol–water partition coefficient (Wildman–Crippen LogP) is 1.19. The predicted molar refractivity (Wildman–Crippen MR) is 40.7 cm³/mol. The van der Waals surface area contributed by atoms with Crippen LogP contribution >= 0.6 is 0 Å². The molecule has 0 saturated carbocycles. The van der Waals surface area contributed by atoms with E-state index in [4.69, 9.17) is 0 Å². The average Bonchev–Trinajstić information content (AvgIpc) is 2.34. The molecule has 0 fully saturated rings. The molecule has 0 bridgehead atoms. The summed E-state index contributed by atoms with van der Waals surface area (Å²) in [7, 11) is 1.96. The highest BCUT2D eigenvalue weighted by molar-refractivity contribution is 5.73. The van der Waals surface area contributed by atoms with Crippen molar-refractivity contribution in [2.45, 2.75) is 0 Å². The van der Waals surface area contributed by atoms with Gasteiger partial charge < -0.3 is 4.57 Å². The molecule has 0 atom stereocenters. The molecule has 0 N–H and O–H groups in total. The lowest BCUT2D eigenvalue weighted by atomic mass is 10.4. The van der Waals surface area contributed by atoms with E-state index in [1.54, 1.807) is 12.5 Å². The monoisotopic (exact) mass is 135 g/mol. The lowest BCUT2D eigenvalue weighted by molar-refractivity contribution is 0.945. The van der Waals surface area contributed by atoms with Crippen LogP contribution in [-0.2, 0) is 7.05 Å². The molecule has 0 aliphatic heterocycles. The third kappa shape index (κ3) is 0.603. The fourth-order valence-corrected chi connectivity index (χ4v) is 0.971. The molecule has 2 aromatic rings. The third-order valence-corrected chi connectivity index (χ3v) is 1.53. The average molecular weight is 135 g/mol. The van der Waals surface area contributed by atoms with E-state index in [0.29, 0.717) is 0 Å². The maximum atomic E-state index is 4.14. The van der Waals surface area contributed by atoms with Gasteiger partial charge in [-0.05, 0) is 6.07 Å². The number of hydrogen-bond donors (Lipinski definition) is 0. The minimum atomic E-state index is 0. The van der Waals surface area contributed by atoms with Gasteiger partial charge in [-0.15, -0.1) is 0 Å². The summed E-state index contributed by atoms with van der Waals surface area (Å²) in [6.45, 7) is 0. The number of pyridine rings is 1. The highest BCUT2D eigenvalue weighted by Gasteiger charge is 1.94. The van der Waals surface area contributed by atoms with Gasteiger partial charge in [0.05, 0.1) is 23.6 Å². The number of fused-ring (bicyclic) bond motifs is 1. The van der Waals surface area contributed by atoms with Crippen molar-refractivity contribution in [3.63, 3.8) is 0 Å². The van der Waals surface area contributed by atoms with Crippen LogP contribution in [-0.4, -0.2) is 14.5 Å². The Morgan fingerprint density at radius 3 is 3.30 bits per heavy atom. The molecule has 2 aromatic heterocycles. The first-order valence-electron chi connectivity index (χ1n) is 3.09. The van der Waals surface area contributed by atoms with Gasteiger partial charge in [0.15, 0.2) is 0 Å². The number of imidazole rings is 1. The van der Waals surface area contributed by atoms with Crippen molar-refractivity contribution in [3.8, 4) is 0 Å². The molecule has 50 valence electrons. The molecule has 10 heavy (non-hydrogen) atoms. The standard InChI is InChI=1S/C7H7N3/c1-10-5-9-6-2-3-8-4-7(6)10/h2-5H,1H3/p+2. The Kier molecular flexibility index (Phi) is 0.974. The molecule has 0 amide bonds. The van der Waals surface area contributed by atoms with Gasteiger partial charge in [0.25, 0.3) is 0 Å². The van der Waals surface area contributed by atoms with Crippen LogP contribution in [0.15, 0.2) is 24.8 Å². The smallest absolute Gasteiger partial charge is 0.332 e. The van der Waals surface area contributed by atoms with Gasteiger partial charge in [-0.2, -0.15) is 0 Å². The van der Waals surface area contributed by atoms with Crippen LogP contribution < -0.4 is 0 Å². The van der Waals surface area contributed by atoms with Crippen LogP contribution in [0.2, 0.25) is 0 Å². The Labute approximate surface area is 61.3 Å². The summed E-state index contributed by atoms with van der Waals surface area (Å²) in [5, 5.41) is 0. The maximum Gasteiger partial charge on any atom is 1.00 e. The van der Waals surface area contributed by atoms with Crippen LogP contribution in [0.5, 0.6) is 0 Å². The van der Waals surface area contributed by atoms with Crippen LogP contribution in [0, 0.1) is 0 Å². The highest BCUT2D eigenvalue weighted by Crippen LogP contribution is 2.06. The van der Waals surface area contributed by atoms with Crippen molar-refractivity contribution in [2.75, 3.05) is 0 Å². The summed E-state index contributed by atoms with van der Waals surface area (Å²) in [5.41, 5.74) is 2.07. The zero-order chi connectivity index (χ0) is 6.97. The zero-order valence-corrected chi connectivity index (χ0v) is 5.65. The summed E-state index contributed by atoms with van der Waals surface area (Å²) < 4.78 is 1.95. The second-order valence-corrected chi connectivity index (χ2v) is 2.22. The first-order chi connectivity index (χ1) is 4.88. The quantitative estimate of drug-likeness (QED) is 0.543. The van der Waals surface area contributed by atoms with Gasteiger partial charge in [0, 0.05) is 13.2 Å². The molecule has 3 nitrogen and oxygen atoms in total. The Balaban J connectivity index is 0.000000605. The molecule has 0 radical (unpaired) electrons. The first-order valence-corrected chi connectivity index (χ1v) is 3.09. The SMILES string of the molecule is Cn1cnc2ccncc21.[H+].[H+]. The third-order valence-electron chi connectivity index (χ3n) is 1.53. The summed E-state index contributed by atoms with van der Waals surface area (Å²) in [5.74, 6) is 0. The molecule has 0 aliphatic carbocycles. The Morgan fingerprint density at radius 1 is 1.60 bits per heavy atom. The normalized spacial score (nSPS) is 10.5. The molecular weight excluding hydrogens is 126 g/mol. The van der Waals surface area contributed by atoms with E-state index in [9.17, 15) is 0 Å². The molecule has 0 saturated heterocycles. The fraction of sp³-hybridized carbons (Fsp3) is 0.143. The van der Waals surface area contributed by atoms with E-state index in [1.807, 2.05) is 23.9 Å². The van der Waals surface area contributed by atoms with E-state index in [1.165, 1.54) is 0 Å². The number of hydrogen-bond acceptors (Lipinski definition) is 2. The van der Waals surface area contributed by atoms with Crippen LogP contribution in [0.3, 0.4) is 0 Å². The van der Waals surface area contributed by atoms with Gasteiger partial charge in [-0.25, -0.2) is 4.98 Å². The number of aryl methyl sites for hydroxylation is 1. The summed E-state index contributed by atoms with van der Waals surface area (Å²) in [4.78, 5) is 8.13. The Hall–Kier alpha value is -1.38. The number of aromatic nitrogens is 3. The summed E-state index contributed by atoms with van der Waals surface area (Å²) in [6.07, 6.45) is 5.34. The number of nitrogens with zero attached hydrogens (tertiary/aromatic N) is 3. The molecule has 0 aliphatic rings. The number of rotatable bonds is 0. The minimum Gasteiger partial charge on any atom is -0.332 e. The van der Waals surface area contributed by atoms with Crippen molar-refractivity contribution in [1.82, 2.24) is 14.5 Å². The summed E-state index contributed by atoms with van der Waals surface area (Å²) >= 11 is 0. The van der Waals surface area contributed by atoms with E-state index >= 15 is 0 Å². The lowest BCUT2D eigenvalue weighted by Gasteiger charge is -1.89. The lowest BCUT2D eigenvalue weighted by Crippen LogP contribution is -1.83. The fourth-order valence-electron chi connectivity index (χ4n) is 0.971. The van der Waals surface area contributed by atoms with Gasteiger partial charge in [0.1, 0.15) is 0 Å².